The van der Waals surface area contributed by atoms with Crippen molar-refractivity contribution in [2.24, 2.45) is 0 Å². The van der Waals surface area contributed by atoms with Gasteiger partial charge in [-0.05, 0) is 12.1 Å². The molecule has 2 aromatic carbocycles. The van der Waals surface area contributed by atoms with Crippen LogP contribution in [0.4, 0.5) is 11.6 Å². The van der Waals surface area contributed by atoms with Crippen molar-refractivity contribution in [1.29, 1.82) is 0 Å². The minimum absolute atomic E-state index is 0.207. The third kappa shape index (κ3) is 3.24. The van der Waals surface area contributed by atoms with Crippen LogP contribution in [-0.2, 0) is 0 Å². The summed E-state index contributed by atoms with van der Waals surface area (Å²) in [5.74, 6) is 0.539. The van der Waals surface area contributed by atoms with Crippen LogP contribution >= 0.6 is 0 Å². The molecule has 3 aromatic rings. The van der Waals surface area contributed by atoms with Gasteiger partial charge >= 0.3 is 0 Å². The maximum atomic E-state index is 12.4. The number of nitrogens with one attached hydrogen (secondary N) is 1. The summed E-state index contributed by atoms with van der Waals surface area (Å²) in [7, 11) is 0. The van der Waals surface area contributed by atoms with Crippen molar-refractivity contribution < 1.29 is 0 Å². The van der Waals surface area contributed by atoms with E-state index in [-0.39, 0.29) is 5.56 Å². The number of aromatic amines is 1. The van der Waals surface area contributed by atoms with E-state index in [0.29, 0.717) is 11.6 Å². The van der Waals surface area contributed by atoms with Crippen LogP contribution in [0.25, 0.3) is 11.3 Å². The fraction of sp³-hybridized carbons (Fsp3) is 0.211. The average Bonchev–Trinajstić information content (AvgIpc) is 2.69. The molecular formula is C19H19N5O. The van der Waals surface area contributed by atoms with Crippen molar-refractivity contribution >= 4 is 11.6 Å². The maximum Gasteiger partial charge on any atom is 0.279 e. The molecule has 0 saturated carbocycles. The first-order valence-electron chi connectivity index (χ1n) is 8.38. The quantitative estimate of drug-likeness (QED) is 0.796. The van der Waals surface area contributed by atoms with Crippen LogP contribution in [0.3, 0.4) is 0 Å². The first kappa shape index (κ1) is 15.4. The van der Waals surface area contributed by atoms with Gasteiger partial charge in [0.1, 0.15) is 0 Å². The molecule has 0 aliphatic carbocycles. The lowest BCUT2D eigenvalue weighted by Gasteiger charge is -2.36. The number of para-hydroxylation sites is 1. The lowest BCUT2D eigenvalue weighted by atomic mass is 10.2. The molecule has 0 spiro atoms. The fourth-order valence-corrected chi connectivity index (χ4v) is 3.07. The Morgan fingerprint density at radius 1 is 0.760 bits per heavy atom. The van der Waals surface area contributed by atoms with Crippen molar-refractivity contribution in [2.75, 3.05) is 36.0 Å². The highest BCUT2D eigenvalue weighted by molar-refractivity contribution is 5.57. The van der Waals surface area contributed by atoms with Crippen LogP contribution in [0.1, 0.15) is 0 Å². The second kappa shape index (κ2) is 6.76. The molecule has 25 heavy (non-hydrogen) atoms. The van der Waals surface area contributed by atoms with Gasteiger partial charge < -0.3 is 9.80 Å². The molecule has 0 bridgehead atoms. The fourth-order valence-electron chi connectivity index (χ4n) is 3.07. The molecule has 1 fully saturated rings. The molecule has 0 radical (unpaired) electrons. The molecule has 2 heterocycles. The minimum atomic E-state index is -0.207. The van der Waals surface area contributed by atoms with Crippen LogP contribution in [0, 0.1) is 0 Å². The van der Waals surface area contributed by atoms with Gasteiger partial charge in [-0.3, -0.25) is 9.78 Å². The van der Waals surface area contributed by atoms with Crippen molar-refractivity contribution in [3.8, 4) is 11.3 Å². The second-order valence-electron chi connectivity index (χ2n) is 6.00. The number of hydrogen-bond acceptors (Lipinski definition) is 5. The van der Waals surface area contributed by atoms with Gasteiger partial charge in [0.25, 0.3) is 5.56 Å². The Hall–Kier alpha value is -3.15. The third-order valence-corrected chi connectivity index (χ3v) is 4.43. The SMILES string of the molecule is O=c1[nH]c(N2CCN(c3ccccc3)CC2)nnc1-c1ccccc1. The number of piperazine rings is 1. The molecule has 4 rings (SSSR count). The third-order valence-electron chi connectivity index (χ3n) is 4.43. The standard InChI is InChI=1S/C19H19N5O/c25-18-17(15-7-3-1-4-8-15)21-22-19(20-18)24-13-11-23(12-14-24)16-9-5-2-6-10-16/h1-10H,11-14H2,(H,20,22,25). The van der Waals surface area contributed by atoms with E-state index in [0.717, 1.165) is 31.7 Å². The van der Waals surface area contributed by atoms with E-state index < -0.39 is 0 Å². The summed E-state index contributed by atoms with van der Waals surface area (Å²) in [6.07, 6.45) is 0. The number of rotatable bonds is 3. The number of hydrogen-bond donors (Lipinski definition) is 1. The molecule has 6 heteroatoms. The maximum absolute atomic E-state index is 12.4. The summed E-state index contributed by atoms with van der Waals surface area (Å²) in [5, 5.41) is 8.39. The Morgan fingerprint density at radius 3 is 2.00 bits per heavy atom. The normalized spacial score (nSPS) is 14.6. The van der Waals surface area contributed by atoms with Crippen molar-refractivity contribution in [2.45, 2.75) is 0 Å². The molecule has 1 aliphatic heterocycles. The van der Waals surface area contributed by atoms with Crippen LogP contribution in [0.5, 0.6) is 0 Å². The van der Waals surface area contributed by atoms with E-state index in [2.05, 4.69) is 37.1 Å². The lowest BCUT2D eigenvalue weighted by molar-refractivity contribution is 0.634. The van der Waals surface area contributed by atoms with Crippen LogP contribution in [-0.4, -0.2) is 41.4 Å². The number of benzene rings is 2. The minimum Gasteiger partial charge on any atom is -0.368 e. The van der Waals surface area contributed by atoms with E-state index >= 15 is 0 Å². The highest BCUT2D eigenvalue weighted by atomic mass is 16.1. The first-order chi connectivity index (χ1) is 12.3. The van der Waals surface area contributed by atoms with E-state index in [1.807, 2.05) is 48.5 Å². The second-order valence-corrected chi connectivity index (χ2v) is 6.00. The zero-order chi connectivity index (χ0) is 17.1. The van der Waals surface area contributed by atoms with Crippen molar-refractivity contribution in [3.63, 3.8) is 0 Å². The lowest BCUT2D eigenvalue weighted by Crippen LogP contribution is -2.47. The van der Waals surface area contributed by atoms with Gasteiger partial charge in [-0.2, -0.15) is 0 Å². The largest absolute Gasteiger partial charge is 0.368 e. The van der Waals surface area contributed by atoms with E-state index in [1.54, 1.807) is 0 Å². The predicted molar refractivity (Wildman–Crippen MR) is 99.0 cm³/mol. The monoisotopic (exact) mass is 333 g/mol. The van der Waals surface area contributed by atoms with E-state index in [9.17, 15) is 4.79 Å². The van der Waals surface area contributed by atoms with Crippen LogP contribution < -0.4 is 15.4 Å². The molecule has 0 amide bonds. The number of H-pyrrole nitrogens is 1. The summed E-state index contributed by atoms with van der Waals surface area (Å²) in [6, 6.07) is 19.7. The van der Waals surface area contributed by atoms with Gasteiger partial charge in [0, 0.05) is 37.4 Å². The Morgan fingerprint density at radius 2 is 1.36 bits per heavy atom. The zero-order valence-electron chi connectivity index (χ0n) is 13.8. The van der Waals surface area contributed by atoms with Crippen molar-refractivity contribution in [3.05, 3.63) is 71.0 Å². The summed E-state index contributed by atoms with van der Waals surface area (Å²) in [6.45, 7) is 3.36. The zero-order valence-corrected chi connectivity index (χ0v) is 13.8. The summed E-state index contributed by atoms with van der Waals surface area (Å²) < 4.78 is 0. The molecule has 1 saturated heterocycles. The molecular weight excluding hydrogens is 314 g/mol. The number of anilines is 2. The Bertz CT molecular complexity index is 886. The van der Waals surface area contributed by atoms with Crippen LogP contribution in [0.2, 0.25) is 0 Å². The number of nitrogens with zero attached hydrogens (tertiary/aromatic N) is 4. The predicted octanol–water partition coefficient (Wildman–Crippen LogP) is 2.16. The highest BCUT2D eigenvalue weighted by Crippen LogP contribution is 2.18. The summed E-state index contributed by atoms with van der Waals surface area (Å²) >= 11 is 0. The molecule has 0 atom stereocenters. The van der Waals surface area contributed by atoms with Gasteiger partial charge in [0.2, 0.25) is 5.95 Å². The highest BCUT2D eigenvalue weighted by Gasteiger charge is 2.20. The molecule has 1 N–H and O–H groups in total. The van der Waals surface area contributed by atoms with Gasteiger partial charge in [0.05, 0.1) is 0 Å². The first-order valence-corrected chi connectivity index (χ1v) is 8.38. The molecule has 0 unspecified atom stereocenters. The Labute approximate surface area is 145 Å². The Kier molecular flexibility index (Phi) is 4.16. The topological polar surface area (TPSA) is 65.1 Å². The van der Waals surface area contributed by atoms with Gasteiger partial charge in [-0.15, -0.1) is 10.2 Å². The van der Waals surface area contributed by atoms with Crippen molar-refractivity contribution in [1.82, 2.24) is 15.2 Å². The smallest absolute Gasteiger partial charge is 0.279 e. The molecule has 126 valence electrons. The van der Waals surface area contributed by atoms with Crippen LogP contribution in [0.15, 0.2) is 65.5 Å². The summed E-state index contributed by atoms with van der Waals surface area (Å²) in [4.78, 5) is 19.7. The van der Waals surface area contributed by atoms with E-state index in [4.69, 9.17) is 0 Å². The molecule has 6 nitrogen and oxygen atoms in total. The summed E-state index contributed by atoms with van der Waals surface area (Å²) in [5.41, 5.74) is 2.15. The Balaban J connectivity index is 1.49. The number of aromatic nitrogens is 3. The van der Waals surface area contributed by atoms with Gasteiger partial charge in [-0.1, -0.05) is 48.5 Å². The average molecular weight is 333 g/mol. The van der Waals surface area contributed by atoms with Gasteiger partial charge in [0.15, 0.2) is 5.69 Å². The molecule has 1 aliphatic rings. The molecule has 1 aromatic heterocycles. The van der Waals surface area contributed by atoms with E-state index in [1.165, 1.54) is 5.69 Å². The van der Waals surface area contributed by atoms with Gasteiger partial charge in [-0.25, -0.2) is 0 Å².